The van der Waals surface area contributed by atoms with Crippen molar-refractivity contribution in [2.75, 3.05) is 6.54 Å². The predicted molar refractivity (Wildman–Crippen MR) is 95.6 cm³/mol. The predicted octanol–water partition coefficient (Wildman–Crippen LogP) is 3.21. The minimum Gasteiger partial charge on any atom is -0.461 e. The molecule has 5 nitrogen and oxygen atoms in total. The number of carbonyl (C=O) groups excluding carboxylic acids is 2. The standard InChI is InChI=1S/C21H20N2O3/c1-15(18-5-3-2-4-6-18)23-13-19(11-20(23)24)21(25)26-14-17-9-7-16(12-22)8-10-17/h2-10,15,19H,11,13-14H2,1H3/t15-,19-/m0/s1. The Labute approximate surface area is 152 Å². The van der Waals surface area contributed by atoms with Gasteiger partial charge in [-0.2, -0.15) is 5.26 Å². The Balaban J connectivity index is 1.57. The highest BCUT2D eigenvalue weighted by Gasteiger charge is 2.37. The van der Waals surface area contributed by atoms with Crippen LogP contribution in [-0.2, 0) is 20.9 Å². The van der Waals surface area contributed by atoms with Gasteiger partial charge in [-0.05, 0) is 30.2 Å². The molecule has 0 N–H and O–H groups in total. The van der Waals surface area contributed by atoms with Gasteiger partial charge in [0.1, 0.15) is 6.61 Å². The smallest absolute Gasteiger partial charge is 0.311 e. The van der Waals surface area contributed by atoms with E-state index in [9.17, 15) is 9.59 Å². The first-order valence-electron chi connectivity index (χ1n) is 8.58. The molecule has 2 aromatic rings. The van der Waals surface area contributed by atoms with Crippen LogP contribution in [0.15, 0.2) is 54.6 Å². The molecule has 0 radical (unpaired) electrons. The van der Waals surface area contributed by atoms with E-state index < -0.39 is 5.92 Å². The number of hydrogen-bond donors (Lipinski definition) is 0. The Hall–Kier alpha value is -3.13. The van der Waals surface area contributed by atoms with Crippen molar-refractivity contribution in [2.24, 2.45) is 5.92 Å². The van der Waals surface area contributed by atoms with Gasteiger partial charge in [0, 0.05) is 13.0 Å². The van der Waals surface area contributed by atoms with Gasteiger partial charge in [-0.25, -0.2) is 0 Å². The van der Waals surface area contributed by atoms with Crippen LogP contribution in [0.2, 0.25) is 0 Å². The lowest BCUT2D eigenvalue weighted by Crippen LogP contribution is -2.29. The largest absolute Gasteiger partial charge is 0.461 e. The highest BCUT2D eigenvalue weighted by molar-refractivity contribution is 5.87. The van der Waals surface area contributed by atoms with E-state index in [2.05, 4.69) is 0 Å². The molecule has 0 saturated carbocycles. The second-order valence-electron chi connectivity index (χ2n) is 6.45. The van der Waals surface area contributed by atoms with Crippen molar-refractivity contribution >= 4 is 11.9 Å². The summed E-state index contributed by atoms with van der Waals surface area (Å²) in [5.41, 5.74) is 2.43. The van der Waals surface area contributed by atoms with Crippen LogP contribution in [0.3, 0.4) is 0 Å². The summed E-state index contributed by atoms with van der Waals surface area (Å²) in [5, 5.41) is 8.80. The van der Waals surface area contributed by atoms with Crippen LogP contribution in [0, 0.1) is 17.2 Å². The molecule has 0 bridgehead atoms. The van der Waals surface area contributed by atoms with Crippen LogP contribution >= 0.6 is 0 Å². The minimum atomic E-state index is -0.438. The molecular weight excluding hydrogens is 328 g/mol. The third kappa shape index (κ3) is 3.92. The van der Waals surface area contributed by atoms with Gasteiger partial charge in [-0.1, -0.05) is 42.5 Å². The first-order chi connectivity index (χ1) is 12.6. The number of ether oxygens (including phenoxy) is 1. The number of nitrogens with zero attached hydrogens (tertiary/aromatic N) is 2. The maximum Gasteiger partial charge on any atom is 0.311 e. The number of esters is 1. The monoisotopic (exact) mass is 348 g/mol. The topological polar surface area (TPSA) is 70.4 Å². The van der Waals surface area contributed by atoms with E-state index in [1.54, 1.807) is 29.2 Å². The molecule has 132 valence electrons. The molecule has 5 heteroatoms. The van der Waals surface area contributed by atoms with Gasteiger partial charge >= 0.3 is 5.97 Å². The fourth-order valence-electron chi connectivity index (χ4n) is 3.12. The van der Waals surface area contributed by atoms with E-state index in [-0.39, 0.29) is 30.9 Å². The molecular formula is C21H20N2O3. The van der Waals surface area contributed by atoms with Crippen LogP contribution in [0.25, 0.3) is 0 Å². The molecule has 1 heterocycles. The number of amides is 1. The van der Waals surface area contributed by atoms with Crippen molar-refractivity contribution in [3.05, 3.63) is 71.3 Å². The number of rotatable bonds is 5. The van der Waals surface area contributed by atoms with Gasteiger partial charge in [0.05, 0.1) is 23.6 Å². The SMILES string of the molecule is C[C@@H](c1ccccc1)N1C[C@@H](C(=O)OCc2ccc(C#N)cc2)CC1=O. The third-order valence-electron chi connectivity index (χ3n) is 4.71. The van der Waals surface area contributed by atoms with Crippen LogP contribution in [0.4, 0.5) is 0 Å². The second kappa shape index (κ2) is 7.83. The zero-order valence-electron chi connectivity index (χ0n) is 14.6. The summed E-state index contributed by atoms with van der Waals surface area (Å²) in [6.07, 6.45) is 0.184. The summed E-state index contributed by atoms with van der Waals surface area (Å²) >= 11 is 0. The molecule has 2 aromatic carbocycles. The van der Waals surface area contributed by atoms with E-state index in [1.165, 1.54) is 0 Å². The molecule has 0 aromatic heterocycles. The Morgan fingerprint density at radius 2 is 1.92 bits per heavy atom. The van der Waals surface area contributed by atoms with Gasteiger partial charge in [0.2, 0.25) is 5.91 Å². The molecule has 1 fully saturated rings. The number of carbonyl (C=O) groups is 2. The fourth-order valence-corrected chi connectivity index (χ4v) is 3.12. The van der Waals surface area contributed by atoms with E-state index in [0.29, 0.717) is 12.1 Å². The van der Waals surface area contributed by atoms with Crippen molar-refractivity contribution in [3.8, 4) is 6.07 Å². The minimum absolute atomic E-state index is 0.0262. The summed E-state index contributed by atoms with van der Waals surface area (Å²) in [6.45, 7) is 2.49. The highest BCUT2D eigenvalue weighted by atomic mass is 16.5. The number of hydrogen-bond acceptors (Lipinski definition) is 4. The molecule has 26 heavy (non-hydrogen) atoms. The number of nitriles is 1. The molecule has 0 aliphatic carbocycles. The Morgan fingerprint density at radius 1 is 1.23 bits per heavy atom. The molecule has 1 aliphatic rings. The lowest BCUT2D eigenvalue weighted by atomic mass is 10.1. The summed E-state index contributed by atoms with van der Waals surface area (Å²) < 4.78 is 5.37. The van der Waals surface area contributed by atoms with Crippen LogP contribution in [-0.4, -0.2) is 23.3 Å². The van der Waals surface area contributed by atoms with Crippen LogP contribution < -0.4 is 0 Å². The average Bonchev–Trinajstić information content (AvgIpc) is 3.08. The van der Waals surface area contributed by atoms with Crippen molar-refractivity contribution in [1.82, 2.24) is 4.90 Å². The Bertz CT molecular complexity index is 825. The zero-order valence-corrected chi connectivity index (χ0v) is 14.6. The maximum absolute atomic E-state index is 12.3. The van der Waals surface area contributed by atoms with Crippen molar-refractivity contribution in [1.29, 1.82) is 5.26 Å². The molecule has 1 amide bonds. The number of likely N-dealkylation sites (tertiary alicyclic amines) is 1. The zero-order chi connectivity index (χ0) is 18.5. The van der Waals surface area contributed by atoms with E-state index in [4.69, 9.17) is 10.00 Å². The van der Waals surface area contributed by atoms with E-state index in [0.717, 1.165) is 11.1 Å². The molecule has 0 unspecified atom stereocenters. The summed E-state index contributed by atoms with van der Waals surface area (Å²) in [4.78, 5) is 26.4. The first kappa shape index (κ1) is 17.7. The molecule has 1 saturated heterocycles. The number of benzene rings is 2. The van der Waals surface area contributed by atoms with Crippen molar-refractivity contribution < 1.29 is 14.3 Å². The quantitative estimate of drug-likeness (QED) is 0.778. The summed E-state index contributed by atoms with van der Waals surface area (Å²) in [6, 6.07) is 18.6. The molecule has 0 spiro atoms. The molecule has 1 aliphatic heterocycles. The molecule has 2 atom stereocenters. The van der Waals surface area contributed by atoms with Gasteiger partial charge in [0.25, 0.3) is 0 Å². The van der Waals surface area contributed by atoms with E-state index in [1.807, 2.05) is 43.3 Å². The lowest BCUT2D eigenvalue weighted by Gasteiger charge is -2.25. The first-order valence-corrected chi connectivity index (χ1v) is 8.58. The van der Waals surface area contributed by atoms with Gasteiger partial charge in [-0.15, -0.1) is 0 Å². The summed E-state index contributed by atoms with van der Waals surface area (Å²) in [7, 11) is 0. The van der Waals surface area contributed by atoms with Crippen LogP contribution in [0.1, 0.15) is 36.1 Å². The van der Waals surface area contributed by atoms with Crippen molar-refractivity contribution in [2.45, 2.75) is 26.0 Å². The fraction of sp³-hybridized carbons (Fsp3) is 0.286. The van der Waals surface area contributed by atoms with Gasteiger partial charge < -0.3 is 9.64 Å². The third-order valence-corrected chi connectivity index (χ3v) is 4.71. The average molecular weight is 348 g/mol. The van der Waals surface area contributed by atoms with Gasteiger partial charge in [-0.3, -0.25) is 9.59 Å². The lowest BCUT2D eigenvalue weighted by molar-refractivity contribution is -0.149. The van der Waals surface area contributed by atoms with Crippen molar-refractivity contribution in [3.63, 3.8) is 0 Å². The van der Waals surface area contributed by atoms with Gasteiger partial charge in [0.15, 0.2) is 0 Å². The maximum atomic E-state index is 12.3. The summed E-state index contributed by atoms with van der Waals surface area (Å²) in [5.74, 6) is -0.820. The Morgan fingerprint density at radius 3 is 2.58 bits per heavy atom. The second-order valence-corrected chi connectivity index (χ2v) is 6.45. The van der Waals surface area contributed by atoms with Crippen LogP contribution in [0.5, 0.6) is 0 Å². The molecule has 3 rings (SSSR count). The highest BCUT2D eigenvalue weighted by Crippen LogP contribution is 2.29. The normalized spacial score (nSPS) is 17.6. The Kier molecular flexibility index (Phi) is 5.33. The van der Waals surface area contributed by atoms with E-state index >= 15 is 0 Å².